The third-order valence-corrected chi connectivity index (χ3v) is 2.31. The van der Waals surface area contributed by atoms with E-state index >= 15 is 0 Å². The molecule has 0 aliphatic heterocycles. The molecular weight excluding hydrogens is 176 g/mol. The van der Waals surface area contributed by atoms with Crippen molar-refractivity contribution in [3.63, 3.8) is 0 Å². The van der Waals surface area contributed by atoms with Crippen LogP contribution in [-0.4, -0.2) is 11.1 Å². The fraction of sp³-hybridized carbons (Fsp3) is 0.750. The van der Waals surface area contributed by atoms with Gasteiger partial charge in [-0.15, -0.1) is 0 Å². The summed E-state index contributed by atoms with van der Waals surface area (Å²) in [5.74, 6) is -0.0730. The first kappa shape index (κ1) is 13.2. The Morgan fingerprint density at radius 2 is 1.79 bits per heavy atom. The summed E-state index contributed by atoms with van der Waals surface area (Å²) < 4.78 is 0. The van der Waals surface area contributed by atoms with Gasteiger partial charge < -0.3 is 5.11 Å². The number of hydrogen-bond acceptors (Lipinski definition) is 1. The smallest absolute Gasteiger partial charge is 0.330 e. The molecule has 14 heavy (non-hydrogen) atoms. The molecule has 0 atom stereocenters. The van der Waals surface area contributed by atoms with Gasteiger partial charge in [-0.2, -0.15) is 0 Å². The van der Waals surface area contributed by atoms with Crippen LogP contribution in [0, 0.1) is 5.92 Å². The molecule has 0 amide bonds. The monoisotopic (exact) mass is 198 g/mol. The highest BCUT2D eigenvalue weighted by molar-refractivity contribution is 5.85. The molecular formula is C12H22O2. The van der Waals surface area contributed by atoms with Gasteiger partial charge >= 0.3 is 5.97 Å². The van der Waals surface area contributed by atoms with Crippen molar-refractivity contribution >= 4 is 5.97 Å². The first-order valence-electron chi connectivity index (χ1n) is 5.45. The lowest BCUT2D eigenvalue weighted by atomic mass is 10.0. The number of hydrogen-bond donors (Lipinski definition) is 1. The van der Waals surface area contributed by atoms with Crippen molar-refractivity contribution in [2.45, 2.75) is 52.4 Å². The molecule has 0 aliphatic carbocycles. The van der Waals surface area contributed by atoms with E-state index in [9.17, 15) is 4.79 Å². The highest BCUT2D eigenvalue weighted by atomic mass is 16.4. The lowest BCUT2D eigenvalue weighted by molar-refractivity contribution is -0.132. The molecule has 0 spiro atoms. The molecule has 0 aromatic rings. The van der Waals surface area contributed by atoms with E-state index in [-0.39, 0.29) is 0 Å². The van der Waals surface area contributed by atoms with E-state index in [2.05, 4.69) is 20.4 Å². The fourth-order valence-electron chi connectivity index (χ4n) is 1.35. The van der Waals surface area contributed by atoms with E-state index in [4.69, 9.17) is 5.11 Å². The maximum atomic E-state index is 10.4. The van der Waals surface area contributed by atoms with Crippen molar-refractivity contribution in [1.82, 2.24) is 0 Å². The summed E-state index contributed by atoms with van der Waals surface area (Å²) in [6, 6.07) is 0. The number of carbonyl (C=O) groups is 1. The Balaban J connectivity index is 3.22. The van der Waals surface area contributed by atoms with Crippen molar-refractivity contribution in [2.75, 3.05) is 0 Å². The minimum absolute atomic E-state index is 0.342. The van der Waals surface area contributed by atoms with E-state index < -0.39 is 5.97 Å². The Labute approximate surface area is 87.0 Å². The first-order valence-corrected chi connectivity index (χ1v) is 5.45. The van der Waals surface area contributed by atoms with Crippen molar-refractivity contribution in [3.05, 3.63) is 12.2 Å². The van der Waals surface area contributed by atoms with E-state index in [1.807, 2.05) is 0 Å². The van der Waals surface area contributed by atoms with Gasteiger partial charge in [0.1, 0.15) is 0 Å². The second kappa shape index (κ2) is 7.60. The van der Waals surface area contributed by atoms with E-state index in [0.717, 1.165) is 18.8 Å². The fourth-order valence-corrected chi connectivity index (χ4v) is 1.35. The molecule has 0 radical (unpaired) electrons. The van der Waals surface area contributed by atoms with Crippen LogP contribution < -0.4 is 0 Å². The molecule has 0 fully saturated rings. The van der Waals surface area contributed by atoms with E-state index in [1.165, 1.54) is 19.3 Å². The molecule has 0 bridgehead atoms. The largest absolute Gasteiger partial charge is 0.478 e. The predicted molar refractivity (Wildman–Crippen MR) is 59.3 cm³/mol. The van der Waals surface area contributed by atoms with Gasteiger partial charge in [0.2, 0.25) is 0 Å². The predicted octanol–water partition coefficient (Wildman–Crippen LogP) is 3.62. The zero-order chi connectivity index (χ0) is 11.0. The van der Waals surface area contributed by atoms with Gasteiger partial charge in [-0.05, 0) is 18.8 Å². The van der Waals surface area contributed by atoms with Crippen molar-refractivity contribution in [1.29, 1.82) is 0 Å². The van der Waals surface area contributed by atoms with Crippen LogP contribution in [0.1, 0.15) is 52.4 Å². The highest BCUT2D eigenvalue weighted by Gasteiger charge is 2.02. The Hall–Kier alpha value is -0.790. The highest BCUT2D eigenvalue weighted by Crippen LogP contribution is 2.12. The number of unbranched alkanes of at least 4 members (excludes halogenated alkanes) is 3. The summed E-state index contributed by atoms with van der Waals surface area (Å²) in [4.78, 5) is 10.4. The maximum Gasteiger partial charge on any atom is 0.330 e. The summed E-state index contributed by atoms with van der Waals surface area (Å²) >= 11 is 0. The minimum Gasteiger partial charge on any atom is -0.478 e. The lowest BCUT2D eigenvalue weighted by Crippen LogP contribution is -1.98. The molecule has 0 aromatic carbocycles. The summed E-state index contributed by atoms with van der Waals surface area (Å²) in [6.45, 7) is 7.96. The second-order valence-electron chi connectivity index (χ2n) is 4.26. The second-order valence-corrected chi connectivity index (χ2v) is 4.26. The third kappa shape index (κ3) is 7.84. The van der Waals surface area contributed by atoms with Crippen LogP contribution in [0.2, 0.25) is 0 Å². The minimum atomic E-state index is -0.854. The summed E-state index contributed by atoms with van der Waals surface area (Å²) in [5.41, 5.74) is 0.342. The molecule has 0 saturated heterocycles. The number of rotatable bonds is 8. The number of aliphatic carboxylic acids is 1. The lowest BCUT2D eigenvalue weighted by Gasteiger charge is -2.04. The standard InChI is InChI=1S/C12H22O2/c1-10(2)8-6-4-5-7-9-11(3)12(13)14/h10H,3-9H2,1-2H3,(H,13,14). The first-order chi connectivity index (χ1) is 6.54. The van der Waals surface area contributed by atoms with Gasteiger partial charge in [0.15, 0.2) is 0 Å². The average Bonchev–Trinajstić information content (AvgIpc) is 2.09. The van der Waals surface area contributed by atoms with Gasteiger partial charge in [-0.1, -0.05) is 46.1 Å². The van der Waals surface area contributed by atoms with Crippen molar-refractivity contribution in [3.8, 4) is 0 Å². The summed E-state index contributed by atoms with van der Waals surface area (Å²) in [7, 11) is 0. The van der Waals surface area contributed by atoms with Gasteiger partial charge in [0.25, 0.3) is 0 Å². The molecule has 0 aliphatic rings. The van der Waals surface area contributed by atoms with Crippen LogP contribution in [0.3, 0.4) is 0 Å². The Kier molecular flexibility index (Phi) is 7.17. The summed E-state index contributed by atoms with van der Waals surface area (Å²) in [5, 5.41) is 8.56. The summed E-state index contributed by atoms with van der Waals surface area (Å²) in [6.07, 6.45) is 6.47. The molecule has 0 aromatic heterocycles. The van der Waals surface area contributed by atoms with Crippen molar-refractivity contribution < 1.29 is 9.90 Å². The molecule has 0 saturated carbocycles. The molecule has 0 unspecified atom stereocenters. The van der Waals surface area contributed by atoms with Crippen LogP contribution in [-0.2, 0) is 4.79 Å². The Morgan fingerprint density at radius 3 is 2.29 bits per heavy atom. The zero-order valence-electron chi connectivity index (χ0n) is 9.38. The molecule has 82 valence electrons. The van der Waals surface area contributed by atoms with Crippen LogP contribution in [0.4, 0.5) is 0 Å². The van der Waals surface area contributed by atoms with Gasteiger partial charge in [-0.25, -0.2) is 4.79 Å². The van der Waals surface area contributed by atoms with Crippen LogP contribution >= 0.6 is 0 Å². The van der Waals surface area contributed by atoms with Gasteiger partial charge in [-0.3, -0.25) is 0 Å². The quantitative estimate of drug-likeness (QED) is 0.477. The third-order valence-electron chi connectivity index (χ3n) is 2.31. The molecule has 2 heteroatoms. The van der Waals surface area contributed by atoms with Gasteiger partial charge in [0.05, 0.1) is 0 Å². The SMILES string of the molecule is C=C(CCCCCCC(C)C)C(=O)O. The molecule has 0 heterocycles. The van der Waals surface area contributed by atoms with Crippen LogP contribution in [0.5, 0.6) is 0 Å². The van der Waals surface area contributed by atoms with Crippen LogP contribution in [0.25, 0.3) is 0 Å². The van der Waals surface area contributed by atoms with Gasteiger partial charge in [0, 0.05) is 5.57 Å². The average molecular weight is 198 g/mol. The number of carboxylic acid groups (broad SMARTS) is 1. The van der Waals surface area contributed by atoms with E-state index in [1.54, 1.807) is 0 Å². The maximum absolute atomic E-state index is 10.4. The molecule has 1 N–H and O–H groups in total. The van der Waals surface area contributed by atoms with Crippen molar-refractivity contribution in [2.24, 2.45) is 5.92 Å². The normalized spacial score (nSPS) is 10.5. The Morgan fingerprint density at radius 1 is 1.21 bits per heavy atom. The topological polar surface area (TPSA) is 37.3 Å². The molecule has 0 rings (SSSR count). The van der Waals surface area contributed by atoms with E-state index in [0.29, 0.717) is 12.0 Å². The molecule has 2 nitrogen and oxygen atoms in total. The zero-order valence-corrected chi connectivity index (χ0v) is 9.38. The Bertz CT molecular complexity index is 183. The number of carboxylic acids is 1. The van der Waals surface area contributed by atoms with Crippen LogP contribution in [0.15, 0.2) is 12.2 Å².